The molecule has 2 aliphatic rings. The summed E-state index contributed by atoms with van der Waals surface area (Å²) in [6, 6.07) is 32.4. The van der Waals surface area contributed by atoms with Crippen LogP contribution in [-0.4, -0.2) is 10.3 Å². The van der Waals surface area contributed by atoms with Gasteiger partial charge in [-0.05, 0) is 237 Å². The standard InChI is InChI=1S/C42H18Br14O7.H6N3P3/c43-19-1-7-31(25(49)13-19)57-38-37(55)39(58-32-8-2-20(44)14-26(32)50)41(56,60-34-10-4-22(46)16-28(34)52)42(61-35-11-5-23(47)17-29(35)53,63-62-36-12-6-24(48)18-30(36)54)40(38)59-33-9-3-21(45)15-27(33)51;1-4-2-6-3-5-1/h1-18H;1-6H. The van der Waals surface area contributed by atoms with Crippen molar-refractivity contribution >= 4 is 250 Å². The van der Waals surface area contributed by atoms with E-state index in [-0.39, 0.29) is 33.3 Å². The average molecular weight is 1890 g/mol. The van der Waals surface area contributed by atoms with Gasteiger partial charge in [0.1, 0.15) is 33.2 Å². The lowest BCUT2D eigenvalue weighted by Crippen LogP contribution is -2.66. The Morgan fingerprint density at radius 3 is 1.04 bits per heavy atom. The highest BCUT2D eigenvalue weighted by molar-refractivity contribution is 9.13. The van der Waals surface area contributed by atoms with Crippen LogP contribution in [0.15, 0.2) is 185 Å². The van der Waals surface area contributed by atoms with Crippen molar-refractivity contribution in [3.63, 3.8) is 0 Å². The Hall–Kier alpha value is 1.45. The molecule has 8 rings (SSSR count). The third-order valence-corrected chi connectivity index (χ3v) is 20.2. The zero-order valence-corrected chi connectivity index (χ0v) is 58.7. The molecule has 0 amide bonds. The second-order valence-electron chi connectivity index (χ2n) is 13.4. The molecule has 1 heterocycles. The van der Waals surface area contributed by atoms with Crippen molar-refractivity contribution in [3.05, 3.63) is 185 Å². The summed E-state index contributed by atoms with van der Waals surface area (Å²) < 4.78 is 41.7. The van der Waals surface area contributed by atoms with E-state index in [0.29, 0.717) is 49.8 Å². The van der Waals surface area contributed by atoms with Crippen LogP contribution < -0.4 is 43.1 Å². The highest BCUT2D eigenvalue weighted by Gasteiger charge is 2.71. The first-order valence-corrected chi connectivity index (χ1v) is 32.8. The molecule has 69 heavy (non-hydrogen) atoms. The van der Waals surface area contributed by atoms with Gasteiger partial charge >= 0.3 is 5.79 Å². The molecule has 0 spiro atoms. The molecule has 0 radical (unpaired) electrons. The minimum atomic E-state index is -2.47. The predicted octanol–water partition coefficient (Wildman–Crippen LogP) is 20.5. The fourth-order valence-corrected chi connectivity index (χ4v) is 17.3. The van der Waals surface area contributed by atoms with E-state index in [1.54, 1.807) is 54.6 Å². The lowest BCUT2D eigenvalue weighted by atomic mass is 9.97. The summed E-state index contributed by atoms with van der Waals surface area (Å²) in [7, 11) is 2.29. The van der Waals surface area contributed by atoms with Crippen LogP contribution in [0.2, 0.25) is 0 Å². The molecule has 1 aliphatic carbocycles. The van der Waals surface area contributed by atoms with Crippen molar-refractivity contribution in [1.82, 2.24) is 14.6 Å². The van der Waals surface area contributed by atoms with Gasteiger partial charge in [0.05, 0.1) is 26.8 Å². The third kappa shape index (κ3) is 14.7. The summed E-state index contributed by atoms with van der Waals surface area (Å²) in [5.41, 5.74) is 0. The Morgan fingerprint density at radius 2 is 0.681 bits per heavy atom. The van der Waals surface area contributed by atoms with E-state index >= 15 is 0 Å². The van der Waals surface area contributed by atoms with E-state index in [1.165, 1.54) is 0 Å². The average Bonchev–Trinajstić information content (AvgIpc) is 3.30. The normalized spacial score (nSPS) is 19.0. The van der Waals surface area contributed by atoms with Gasteiger partial charge in [-0.3, -0.25) is 14.6 Å². The Kier molecular flexibility index (Phi) is 22.5. The maximum absolute atomic E-state index is 7.30. The van der Waals surface area contributed by atoms with Gasteiger partial charge in [0.15, 0.2) is 17.3 Å². The van der Waals surface area contributed by atoms with Gasteiger partial charge in [-0.1, -0.05) is 95.6 Å². The van der Waals surface area contributed by atoms with Gasteiger partial charge in [-0.2, -0.15) is 0 Å². The summed E-state index contributed by atoms with van der Waals surface area (Å²) >= 11 is 51.5. The topological polar surface area (TPSA) is 101 Å². The molecule has 362 valence electrons. The molecule has 2 unspecified atom stereocenters. The fourth-order valence-electron chi connectivity index (χ4n) is 5.70. The molecule has 6 aromatic carbocycles. The van der Waals surface area contributed by atoms with E-state index in [2.05, 4.69) is 238 Å². The summed E-state index contributed by atoms with van der Waals surface area (Å²) in [6.45, 7) is 0. The quantitative estimate of drug-likeness (QED) is 0.0341. The molecule has 0 saturated carbocycles. The van der Waals surface area contributed by atoms with Crippen LogP contribution in [-0.2, 0) is 4.89 Å². The first-order valence-electron chi connectivity index (χ1n) is 18.7. The molecule has 3 N–H and O–H groups in total. The maximum Gasteiger partial charge on any atom is 0.371 e. The fraction of sp³-hybridized carbons (Fsp3) is 0.0476. The van der Waals surface area contributed by atoms with Crippen molar-refractivity contribution in [2.24, 2.45) is 0 Å². The molecule has 0 bridgehead atoms. The molecule has 0 aromatic heterocycles. The zero-order valence-electron chi connectivity index (χ0n) is 33.5. The van der Waals surface area contributed by atoms with Gasteiger partial charge in [0.2, 0.25) is 5.76 Å². The minimum Gasteiger partial charge on any atom is -0.459 e. The summed E-state index contributed by atoms with van der Waals surface area (Å²) in [5, 5.41) is 0. The monoisotopic (exact) mass is 1880 g/mol. The van der Waals surface area contributed by atoms with Crippen LogP contribution in [0.25, 0.3) is 0 Å². The summed E-state index contributed by atoms with van der Waals surface area (Å²) in [6.07, 6.45) is 0. The molecule has 2 atom stereocenters. The maximum atomic E-state index is 7.30. The number of alkyl halides is 1. The van der Waals surface area contributed by atoms with Crippen LogP contribution >= 0.6 is 250 Å². The lowest BCUT2D eigenvalue weighted by molar-refractivity contribution is -0.373. The Labute approximate surface area is 519 Å². The molecule has 6 aromatic rings. The SMILES string of the molecule is BrC1=C(Oc2ccc(Br)cc2Br)C(Br)(Oc2ccc(Br)cc2Br)C(OOc2ccc(Br)cc2Br)(Oc2ccc(Br)cc2Br)C(Oc2ccc(Br)cc2Br)=C1Oc1ccc(Br)cc1Br.N1PNPNP1. The number of ether oxygens (including phenoxy) is 5. The van der Waals surface area contributed by atoms with Gasteiger partial charge in [0.25, 0.3) is 4.51 Å². The van der Waals surface area contributed by atoms with Gasteiger partial charge in [0, 0.05) is 53.5 Å². The second kappa shape index (κ2) is 26.7. The highest BCUT2D eigenvalue weighted by Crippen LogP contribution is 2.58. The van der Waals surface area contributed by atoms with Gasteiger partial charge in [-0.25, -0.2) is 0 Å². The van der Waals surface area contributed by atoms with E-state index in [0.717, 1.165) is 53.5 Å². The Bertz CT molecular complexity index is 2950. The number of nitrogens with one attached hydrogen (secondary N) is 3. The minimum absolute atomic E-state index is 0.0244. The van der Waals surface area contributed by atoms with E-state index in [1.807, 2.05) is 54.6 Å². The second-order valence-corrected chi connectivity index (χ2v) is 29.7. The van der Waals surface area contributed by atoms with Crippen molar-refractivity contribution < 1.29 is 33.5 Å². The largest absolute Gasteiger partial charge is 0.459 e. The van der Waals surface area contributed by atoms with Crippen LogP contribution in [0.3, 0.4) is 0 Å². The van der Waals surface area contributed by atoms with E-state index in [4.69, 9.17) is 33.5 Å². The van der Waals surface area contributed by atoms with Crippen LogP contribution in [0, 0.1) is 0 Å². The Balaban J connectivity index is 0.00000109. The van der Waals surface area contributed by atoms with Crippen LogP contribution in [0.4, 0.5) is 0 Å². The smallest absolute Gasteiger partial charge is 0.371 e. The molecule has 1 fully saturated rings. The van der Waals surface area contributed by atoms with E-state index in [9.17, 15) is 0 Å². The molecule has 1 saturated heterocycles. The van der Waals surface area contributed by atoms with Crippen LogP contribution in [0.1, 0.15) is 0 Å². The number of rotatable bonds is 13. The number of allylic oxidation sites excluding steroid dienone is 1. The predicted molar refractivity (Wildman–Crippen MR) is 328 cm³/mol. The molecular weight excluding hydrogens is 1870 g/mol. The number of benzene rings is 6. The first kappa shape index (κ1) is 58.1. The van der Waals surface area contributed by atoms with E-state index < -0.39 is 10.3 Å². The van der Waals surface area contributed by atoms with Crippen molar-refractivity contribution in [2.45, 2.75) is 10.3 Å². The molecular formula is C42H24Br14N3O7P3. The third-order valence-electron chi connectivity index (χ3n) is 8.75. The highest BCUT2D eigenvalue weighted by atomic mass is 79.9. The number of hydrogen-bond acceptors (Lipinski definition) is 10. The van der Waals surface area contributed by atoms with Crippen molar-refractivity contribution in [2.75, 3.05) is 0 Å². The molecule has 27 heteroatoms. The first-order chi connectivity index (χ1) is 32.9. The van der Waals surface area contributed by atoms with Crippen molar-refractivity contribution in [3.8, 4) is 34.5 Å². The molecule has 1 aliphatic heterocycles. The van der Waals surface area contributed by atoms with Crippen molar-refractivity contribution in [1.29, 1.82) is 0 Å². The zero-order chi connectivity index (χ0) is 49.6. The van der Waals surface area contributed by atoms with Gasteiger partial charge in [-0.15, -0.1) is 4.89 Å². The summed E-state index contributed by atoms with van der Waals surface area (Å²) in [4.78, 5) is 22.7. The Morgan fingerprint density at radius 1 is 0.362 bits per heavy atom. The number of hydrogen-bond donors (Lipinski definition) is 3. The summed E-state index contributed by atoms with van der Waals surface area (Å²) in [5.74, 6) is -0.665. The van der Waals surface area contributed by atoms with Gasteiger partial charge < -0.3 is 28.6 Å². The van der Waals surface area contributed by atoms with Crippen LogP contribution in [0.5, 0.6) is 34.5 Å². The molecule has 10 nitrogen and oxygen atoms in total. The number of halogens is 14. The lowest BCUT2D eigenvalue weighted by Gasteiger charge is -2.47.